The molecule has 0 aliphatic carbocycles. The fourth-order valence-electron chi connectivity index (χ4n) is 5.04. The van der Waals surface area contributed by atoms with Gasteiger partial charge in [-0.15, -0.1) is 0 Å². The van der Waals surface area contributed by atoms with Gasteiger partial charge < -0.3 is 8.98 Å². The van der Waals surface area contributed by atoms with Crippen LogP contribution in [0.25, 0.3) is 43.9 Å². The summed E-state index contributed by atoms with van der Waals surface area (Å²) >= 11 is 0. The first-order valence-corrected chi connectivity index (χ1v) is 13.8. The highest BCUT2D eigenvalue weighted by molar-refractivity contribution is 6.91. The molecule has 3 nitrogen and oxygen atoms in total. The number of hydrogen-bond acceptors (Lipinski definition) is 1. The van der Waals surface area contributed by atoms with Crippen molar-refractivity contribution in [3.63, 3.8) is 0 Å². The molecule has 0 N–H and O–H groups in total. The summed E-state index contributed by atoms with van der Waals surface area (Å²) in [4.78, 5) is 0. The minimum Gasteiger partial charge on any atom is -0.454 e. The first-order valence-electron chi connectivity index (χ1n) is 10.3. The number of aromatic nitrogens is 2. The fourth-order valence-corrected chi connectivity index (χ4v) is 6.91. The highest BCUT2D eigenvalue weighted by Gasteiger charge is 2.32. The van der Waals surface area contributed by atoms with Crippen molar-refractivity contribution >= 4 is 57.1 Å². The molecular formula is C25H29N2OSi+. The second-order valence-electron chi connectivity index (χ2n) is 9.68. The monoisotopic (exact) mass is 401 g/mol. The van der Waals surface area contributed by atoms with Crippen LogP contribution in [0.15, 0.2) is 34.9 Å². The maximum atomic E-state index is 6.80. The SMILES string of the molecule is Cc1cc2cc(C)c(C)c3c2c(c1)oc1c([Si](C)(C)C)c2c(cc[n+]2C)n(C)c13. The van der Waals surface area contributed by atoms with E-state index in [9.17, 15) is 0 Å². The predicted molar refractivity (Wildman–Crippen MR) is 126 cm³/mol. The molecule has 0 saturated heterocycles. The van der Waals surface area contributed by atoms with Crippen LogP contribution in [0.4, 0.5) is 0 Å². The van der Waals surface area contributed by atoms with Crippen LogP contribution in [0, 0.1) is 20.8 Å². The van der Waals surface area contributed by atoms with Gasteiger partial charge in [0.2, 0.25) is 5.52 Å². The molecule has 0 saturated carbocycles. The molecule has 2 aromatic carbocycles. The van der Waals surface area contributed by atoms with Crippen LogP contribution in [0.5, 0.6) is 0 Å². The van der Waals surface area contributed by atoms with Crippen molar-refractivity contribution in [2.24, 2.45) is 14.1 Å². The average Bonchev–Trinajstić information content (AvgIpc) is 2.99. The van der Waals surface area contributed by atoms with Crippen LogP contribution >= 0.6 is 0 Å². The number of nitrogens with zero attached hydrogens (tertiary/aromatic N) is 2. The Morgan fingerprint density at radius 2 is 1.72 bits per heavy atom. The Morgan fingerprint density at radius 3 is 2.41 bits per heavy atom. The lowest BCUT2D eigenvalue weighted by Crippen LogP contribution is -2.44. The zero-order chi connectivity index (χ0) is 20.8. The van der Waals surface area contributed by atoms with Gasteiger partial charge in [-0.2, -0.15) is 4.57 Å². The van der Waals surface area contributed by atoms with E-state index in [0.29, 0.717) is 0 Å². The standard InChI is InChI=1S/C25H29N2OSi/c1-14-11-17-13-15(2)16(3)20-21(17)19(12-14)28-24-23(20)27(5)18-9-10-26(4)22(18)25(24)29(6,7)8/h9-13H,1-8H3/q+1. The van der Waals surface area contributed by atoms with E-state index in [1.807, 2.05) is 0 Å². The number of aryl methyl sites for hydroxylation is 5. The van der Waals surface area contributed by atoms with Gasteiger partial charge in [0.05, 0.1) is 18.8 Å². The van der Waals surface area contributed by atoms with Gasteiger partial charge in [-0.25, -0.2) is 0 Å². The molecule has 4 heteroatoms. The number of pyridine rings is 1. The first kappa shape index (κ1) is 18.4. The molecule has 0 spiro atoms. The van der Waals surface area contributed by atoms with E-state index in [0.717, 1.165) is 11.2 Å². The third kappa shape index (κ3) is 2.38. The molecular weight excluding hydrogens is 372 g/mol. The molecule has 0 bridgehead atoms. The molecule has 148 valence electrons. The van der Waals surface area contributed by atoms with Crippen LogP contribution in [0.3, 0.4) is 0 Å². The third-order valence-electron chi connectivity index (χ3n) is 6.49. The summed E-state index contributed by atoms with van der Waals surface area (Å²) in [6.07, 6.45) is 2.18. The van der Waals surface area contributed by atoms with Crippen molar-refractivity contribution in [1.82, 2.24) is 4.57 Å². The first-order chi connectivity index (χ1) is 13.6. The van der Waals surface area contributed by atoms with Crippen LogP contribution in [-0.2, 0) is 14.1 Å². The second-order valence-corrected chi connectivity index (χ2v) is 14.7. The average molecular weight is 402 g/mol. The second kappa shape index (κ2) is 5.73. The molecule has 0 unspecified atom stereocenters. The molecule has 5 aromatic rings. The molecule has 0 fully saturated rings. The molecule has 0 amide bonds. The largest absolute Gasteiger partial charge is 0.454 e. The zero-order valence-electron chi connectivity index (χ0n) is 18.7. The Morgan fingerprint density at radius 1 is 1.00 bits per heavy atom. The van der Waals surface area contributed by atoms with E-state index in [1.165, 1.54) is 54.6 Å². The van der Waals surface area contributed by atoms with Crippen molar-refractivity contribution in [1.29, 1.82) is 0 Å². The van der Waals surface area contributed by atoms with Gasteiger partial charge in [-0.05, 0) is 48.9 Å². The molecule has 0 radical (unpaired) electrons. The predicted octanol–water partition coefficient (Wildman–Crippen LogP) is 5.53. The smallest absolute Gasteiger partial charge is 0.232 e. The van der Waals surface area contributed by atoms with E-state index in [2.05, 4.69) is 94.1 Å². The van der Waals surface area contributed by atoms with Gasteiger partial charge in [-0.1, -0.05) is 31.8 Å². The normalized spacial score (nSPS) is 12.8. The minimum atomic E-state index is -1.70. The van der Waals surface area contributed by atoms with Gasteiger partial charge in [-0.3, -0.25) is 0 Å². The van der Waals surface area contributed by atoms with Crippen molar-refractivity contribution in [3.8, 4) is 0 Å². The molecule has 0 atom stereocenters. The highest BCUT2D eigenvalue weighted by atomic mass is 28.3. The number of fused-ring (bicyclic) bond motifs is 3. The van der Waals surface area contributed by atoms with Crippen molar-refractivity contribution in [3.05, 3.63) is 47.2 Å². The highest BCUT2D eigenvalue weighted by Crippen LogP contribution is 2.38. The van der Waals surface area contributed by atoms with E-state index in [4.69, 9.17) is 4.42 Å². The Hall–Kier alpha value is -2.59. The molecule has 29 heavy (non-hydrogen) atoms. The quantitative estimate of drug-likeness (QED) is 0.157. The topological polar surface area (TPSA) is 21.9 Å². The fraction of sp³-hybridized carbons (Fsp3) is 0.320. The third-order valence-corrected chi connectivity index (χ3v) is 8.46. The molecule has 0 aliphatic rings. The Balaban J connectivity index is 2.24. The number of rotatable bonds is 1. The van der Waals surface area contributed by atoms with Crippen LogP contribution in [-0.4, -0.2) is 12.6 Å². The van der Waals surface area contributed by atoms with E-state index < -0.39 is 8.07 Å². The minimum absolute atomic E-state index is 0.999. The summed E-state index contributed by atoms with van der Waals surface area (Å²) in [6.45, 7) is 13.9. The lowest BCUT2D eigenvalue weighted by molar-refractivity contribution is -0.642. The van der Waals surface area contributed by atoms with E-state index in [1.54, 1.807) is 0 Å². The van der Waals surface area contributed by atoms with Gasteiger partial charge >= 0.3 is 0 Å². The zero-order valence-corrected chi connectivity index (χ0v) is 19.7. The van der Waals surface area contributed by atoms with E-state index >= 15 is 0 Å². The number of benzene rings is 2. The van der Waals surface area contributed by atoms with Gasteiger partial charge in [0.25, 0.3) is 0 Å². The van der Waals surface area contributed by atoms with Crippen molar-refractivity contribution < 1.29 is 8.98 Å². The van der Waals surface area contributed by atoms with Crippen LogP contribution in [0.1, 0.15) is 16.7 Å². The molecule has 3 aromatic heterocycles. The summed E-state index contributed by atoms with van der Waals surface area (Å²) in [6, 6.07) is 9.03. The summed E-state index contributed by atoms with van der Waals surface area (Å²) in [7, 11) is 2.63. The van der Waals surface area contributed by atoms with Gasteiger partial charge in [0.15, 0.2) is 11.8 Å². The summed E-state index contributed by atoms with van der Waals surface area (Å²) in [5.41, 5.74) is 9.79. The number of hydrogen-bond donors (Lipinski definition) is 0. The maximum absolute atomic E-state index is 6.80. The molecule has 5 rings (SSSR count). The maximum Gasteiger partial charge on any atom is 0.232 e. The van der Waals surface area contributed by atoms with E-state index in [-0.39, 0.29) is 0 Å². The van der Waals surface area contributed by atoms with Gasteiger partial charge in [0.1, 0.15) is 18.1 Å². The van der Waals surface area contributed by atoms with Crippen molar-refractivity contribution in [2.45, 2.75) is 40.4 Å². The summed E-state index contributed by atoms with van der Waals surface area (Å²) < 4.78 is 11.4. The van der Waals surface area contributed by atoms with Crippen LogP contribution < -0.4 is 9.75 Å². The lowest BCUT2D eigenvalue weighted by Gasteiger charge is -2.22. The Labute approximate surface area is 172 Å². The summed E-state index contributed by atoms with van der Waals surface area (Å²) in [5.74, 6) is 0. The van der Waals surface area contributed by atoms with Crippen LogP contribution in [0.2, 0.25) is 19.6 Å². The molecule has 0 aliphatic heterocycles. The lowest BCUT2D eigenvalue weighted by atomic mass is 9.94. The Kier molecular flexibility index (Phi) is 3.64. The Bertz CT molecular complexity index is 1480. The summed E-state index contributed by atoms with van der Waals surface area (Å²) in [5, 5.41) is 5.27. The van der Waals surface area contributed by atoms with Crippen molar-refractivity contribution in [2.75, 3.05) is 0 Å². The molecule has 3 heterocycles. The van der Waals surface area contributed by atoms with Gasteiger partial charge in [0, 0.05) is 23.9 Å².